The Labute approximate surface area is 71.8 Å². The van der Waals surface area contributed by atoms with E-state index in [4.69, 9.17) is 0 Å². The molecule has 1 saturated heterocycles. The van der Waals surface area contributed by atoms with Gasteiger partial charge < -0.3 is 9.88 Å². The first-order valence-electron chi connectivity index (χ1n) is 4.56. The normalized spacial score (nSPS) is 38.2. The summed E-state index contributed by atoms with van der Waals surface area (Å²) in [6.07, 6.45) is 3.94. The molecule has 2 atom stereocenters. The van der Waals surface area contributed by atoms with Gasteiger partial charge in [0.1, 0.15) is 5.82 Å². The van der Waals surface area contributed by atoms with Crippen molar-refractivity contribution in [2.75, 3.05) is 13.1 Å². The highest BCUT2D eigenvalue weighted by atomic mass is 15.1. The van der Waals surface area contributed by atoms with Crippen LogP contribution in [0.2, 0.25) is 0 Å². The molecular formula is C9H13N3. The third-order valence-electron chi connectivity index (χ3n) is 3.25. The molecule has 2 fully saturated rings. The third-order valence-corrected chi connectivity index (χ3v) is 3.25. The summed E-state index contributed by atoms with van der Waals surface area (Å²) in [5.41, 5.74) is 0. The van der Waals surface area contributed by atoms with Crippen LogP contribution < -0.4 is 5.32 Å². The van der Waals surface area contributed by atoms with Gasteiger partial charge in [-0.25, -0.2) is 4.98 Å². The number of nitrogens with zero attached hydrogens (tertiary/aromatic N) is 2. The average Bonchev–Trinajstić information content (AvgIpc) is 2.56. The van der Waals surface area contributed by atoms with Crippen LogP contribution in [0.15, 0.2) is 12.4 Å². The Morgan fingerprint density at radius 1 is 1.50 bits per heavy atom. The maximum Gasteiger partial charge on any atom is 0.112 e. The van der Waals surface area contributed by atoms with Crippen LogP contribution in [0.4, 0.5) is 0 Å². The van der Waals surface area contributed by atoms with Crippen molar-refractivity contribution < 1.29 is 0 Å². The summed E-state index contributed by atoms with van der Waals surface area (Å²) in [6, 6.07) is 0. The van der Waals surface area contributed by atoms with E-state index >= 15 is 0 Å². The number of fused-ring (bicyclic) bond motifs is 1. The average molecular weight is 163 g/mol. The van der Waals surface area contributed by atoms with Crippen molar-refractivity contribution in [2.24, 2.45) is 18.9 Å². The van der Waals surface area contributed by atoms with Gasteiger partial charge >= 0.3 is 0 Å². The lowest BCUT2D eigenvalue weighted by Crippen LogP contribution is -2.15. The number of nitrogens with one attached hydrogen (secondary N) is 1. The number of imidazole rings is 1. The molecule has 3 rings (SSSR count). The SMILES string of the molecule is Cn1ccnc1C1C2CNCC21. The van der Waals surface area contributed by atoms with E-state index in [1.54, 1.807) is 0 Å². The van der Waals surface area contributed by atoms with Crippen molar-refractivity contribution in [1.29, 1.82) is 0 Å². The smallest absolute Gasteiger partial charge is 0.112 e. The Hall–Kier alpha value is -0.830. The predicted molar refractivity (Wildman–Crippen MR) is 45.8 cm³/mol. The van der Waals surface area contributed by atoms with Crippen molar-refractivity contribution >= 4 is 0 Å². The zero-order chi connectivity index (χ0) is 8.13. The van der Waals surface area contributed by atoms with E-state index in [-0.39, 0.29) is 0 Å². The Morgan fingerprint density at radius 3 is 2.83 bits per heavy atom. The van der Waals surface area contributed by atoms with Crippen LogP contribution in [0.25, 0.3) is 0 Å². The second kappa shape index (κ2) is 2.10. The molecule has 64 valence electrons. The first-order chi connectivity index (χ1) is 5.88. The third kappa shape index (κ3) is 0.719. The molecule has 2 heterocycles. The van der Waals surface area contributed by atoms with Gasteiger partial charge in [-0.1, -0.05) is 0 Å². The van der Waals surface area contributed by atoms with Crippen LogP contribution in [-0.2, 0) is 7.05 Å². The fourth-order valence-corrected chi connectivity index (χ4v) is 2.50. The van der Waals surface area contributed by atoms with Crippen LogP contribution in [0.3, 0.4) is 0 Å². The second-order valence-electron chi connectivity index (χ2n) is 3.91. The zero-order valence-electron chi connectivity index (χ0n) is 7.20. The zero-order valence-corrected chi connectivity index (χ0v) is 7.20. The van der Waals surface area contributed by atoms with E-state index in [9.17, 15) is 0 Å². The van der Waals surface area contributed by atoms with E-state index in [1.165, 1.54) is 18.9 Å². The summed E-state index contributed by atoms with van der Waals surface area (Å²) in [7, 11) is 2.09. The Kier molecular flexibility index (Phi) is 1.17. The van der Waals surface area contributed by atoms with Crippen LogP contribution in [0.5, 0.6) is 0 Å². The van der Waals surface area contributed by atoms with Gasteiger partial charge in [0.2, 0.25) is 0 Å². The number of aryl methyl sites for hydroxylation is 1. The van der Waals surface area contributed by atoms with Gasteiger partial charge in [-0.15, -0.1) is 0 Å². The number of rotatable bonds is 1. The molecule has 3 heteroatoms. The molecule has 12 heavy (non-hydrogen) atoms. The van der Waals surface area contributed by atoms with Crippen molar-refractivity contribution in [3.05, 3.63) is 18.2 Å². The number of aromatic nitrogens is 2. The van der Waals surface area contributed by atoms with E-state index in [0.717, 1.165) is 17.8 Å². The summed E-state index contributed by atoms with van der Waals surface area (Å²) in [5.74, 6) is 3.80. The van der Waals surface area contributed by atoms with Crippen LogP contribution in [-0.4, -0.2) is 22.6 Å². The first-order valence-corrected chi connectivity index (χ1v) is 4.56. The van der Waals surface area contributed by atoms with Gasteiger partial charge in [-0.05, 0) is 24.9 Å². The van der Waals surface area contributed by atoms with Gasteiger partial charge in [-0.2, -0.15) is 0 Å². The van der Waals surface area contributed by atoms with Gasteiger partial charge in [0.05, 0.1) is 0 Å². The summed E-state index contributed by atoms with van der Waals surface area (Å²) in [6.45, 7) is 2.39. The molecular weight excluding hydrogens is 150 g/mol. The fraction of sp³-hybridized carbons (Fsp3) is 0.667. The predicted octanol–water partition coefficient (Wildman–Crippen LogP) is 0.353. The highest BCUT2D eigenvalue weighted by Crippen LogP contribution is 2.54. The minimum atomic E-state index is 0.756. The Balaban J connectivity index is 1.89. The second-order valence-corrected chi connectivity index (χ2v) is 3.91. The highest BCUT2D eigenvalue weighted by Gasteiger charge is 2.55. The molecule has 0 bridgehead atoms. The topological polar surface area (TPSA) is 29.9 Å². The largest absolute Gasteiger partial charge is 0.338 e. The molecule has 2 aliphatic rings. The lowest BCUT2D eigenvalue weighted by atomic mass is 10.2. The Morgan fingerprint density at radius 2 is 2.25 bits per heavy atom. The molecule has 0 radical (unpaired) electrons. The van der Waals surface area contributed by atoms with Crippen molar-refractivity contribution in [3.63, 3.8) is 0 Å². The Bertz CT molecular complexity index is 294. The summed E-state index contributed by atoms with van der Waals surface area (Å²) in [4.78, 5) is 4.40. The lowest BCUT2D eigenvalue weighted by molar-refractivity contribution is 0.642. The molecule has 1 aliphatic heterocycles. The van der Waals surface area contributed by atoms with Gasteiger partial charge in [0.15, 0.2) is 0 Å². The maximum atomic E-state index is 4.40. The van der Waals surface area contributed by atoms with Gasteiger partial charge in [0, 0.05) is 25.4 Å². The van der Waals surface area contributed by atoms with E-state index in [2.05, 4.69) is 21.9 Å². The minimum Gasteiger partial charge on any atom is -0.338 e. The van der Waals surface area contributed by atoms with E-state index in [0.29, 0.717) is 0 Å². The summed E-state index contributed by atoms with van der Waals surface area (Å²) in [5, 5.41) is 3.40. The van der Waals surface area contributed by atoms with E-state index in [1.807, 2.05) is 12.4 Å². The minimum absolute atomic E-state index is 0.756. The molecule has 1 aromatic heterocycles. The van der Waals surface area contributed by atoms with E-state index < -0.39 is 0 Å². The van der Waals surface area contributed by atoms with Crippen molar-refractivity contribution in [3.8, 4) is 0 Å². The molecule has 0 spiro atoms. The first kappa shape index (κ1) is 6.66. The molecule has 0 amide bonds. The van der Waals surface area contributed by atoms with Crippen LogP contribution in [0.1, 0.15) is 11.7 Å². The fourth-order valence-electron chi connectivity index (χ4n) is 2.50. The highest BCUT2D eigenvalue weighted by molar-refractivity contribution is 5.20. The lowest BCUT2D eigenvalue weighted by Gasteiger charge is -2.03. The number of piperidine rings is 1. The van der Waals surface area contributed by atoms with Gasteiger partial charge in [0.25, 0.3) is 0 Å². The molecule has 1 saturated carbocycles. The number of hydrogen-bond donors (Lipinski definition) is 1. The maximum absolute atomic E-state index is 4.40. The van der Waals surface area contributed by atoms with Crippen molar-refractivity contribution in [1.82, 2.24) is 14.9 Å². The molecule has 1 aliphatic carbocycles. The van der Waals surface area contributed by atoms with Gasteiger partial charge in [-0.3, -0.25) is 0 Å². The number of hydrogen-bond acceptors (Lipinski definition) is 2. The molecule has 1 aromatic rings. The van der Waals surface area contributed by atoms with Crippen LogP contribution in [0, 0.1) is 11.8 Å². The molecule has 3 nitrogen and oxygen atoms in total. The monoisotopic (exact) mass is 163 g/mol. The standard InChI is InChI=1S/C9H13N3/c1-12-3-2-11-9(12)8-6-4-10-5-7(6)8/h2-3,6-8,10H,4-5H2,1H3. The summed E-state index contributed by atoms with van der Waals surface area (Å²) >= 11 is 0. The molecule has 0 aromatic carbocycles. The molecule has 2 unspecified atom stereocenters. The molecule has 1 N–H and O–H groups in total. The van der Waals surface area contributed by atoms with Crippen molar-refractivity contribution in [2.45, 2.75) is 5.92 Å². The quantitative estimate of drug-likeness (QED) is 0.647. The van der Waals surface area contributed by atoms with Crippen LogP contribution >= 0.6 is 0 Å². The summed E-state index contributed by atoms with van der Waals surface area (Å²) < 4.78 is 2.16.